The number of hydrogen-bond acceptors (Lipinski definition) is 3. The van der Waals surface area contributed by atoms with Gasteiger partial charge < -0.3 is 20.3 Å². The number of methoxy groups -OCH3 is 1. The fourth-order valence-electron chi connectivity index (χ4n) is 2.77. The predicted molar refractivity (Wildman–Crippen MR) is 100 cm³/mol. The molecule has 0 radical (unpaired) electrons. The van der Waals surface area contributed by atoms with Crippen LogP contribution in [0.5, 0.6) is 5.75 Å². The van der Waals surface area contributed by atoms with Crippen LogP contribution in [0.15, 0.2) is 46.9 Å². The van der Waals surface area contributed by atoms with Gasteiger partial charge in [-0.15, -0.1) is 0 Å². The molecule has 0 spiro atoms. The Morgan fingerprint density at radius 2 is 2.12 bits per heavy atom. The lowest BCUT2D eigenvalue weighted by atomic mass is 10.2. The molecule has 2 aromatic carbocycles. The minimum atomic E-state index is -0.559. The second-order valence-electron chi connectivity index (χ2n) is 5.83. The summed E-state index contributed by atoms with van der Waals surface area (Å²) in [4.78, 5) is 26.0. The highest BCUT2D eigenvalue weighted by Gasteiger charge is 2.31. The van der Waals surface area contributed by atoms with E-state index in [1.807, 2.05) is 0 Å². The molecule has 136 valence electrons. The standard InChI is InChI=1S/C18H17BrFN3O3/c1-26-14-4-2-3-13(9-14)23-10-12(8-17(23)24)21-18(25)22-16-6-5-11(19)7-15(16)20/h2-7,9,12H,8,10H2,1H3,(H2,21,22,25). The zero-order valence-electron chi connectivity index (χ0n) is 14.0. The Bertz CT molecular complexity index is 846. The smallest absolute Gasteiger partial charge is 0.319 e. The van der Waals surface area contributed by atoms with Crippen molar-refractivity contribution in [3.05, 3.63) is 52.8 Å². The van der Waals surface area contributed by atoms with E-state index in [4.69, 9.17) is 4.74 Å². The average molecular weight is 422 g/mol. The zero-order valence-corrected chi connectivity index (χ0v) is 15.5. The SMILES string of the molecule is COc1cccc(N2CC(NC(=O)Nc3ccc(Br)cc3F)CC2=O)c1. The maximum atomic E-state index is 13.8. The van der Waals surface area contributed by atoms with E-state index in [2.05, 4.69) is 26.6 Å². The first kappa shape index (κ1) is 18.2. The first-order valence-corrected chi connectivity index (χ1v) is 8.72. The van der Waals surface area contributed by atoms with Crippen molar-refractivity contribution in [2.45, 2.75) is 12.5 Å². The molecule has 0 saturated carbocycles. The number of nitrogens with zero attached hydrogens (tertiary/aromatic N) is 1. The molecule has 1 heterocycles. The van der Waals surface area contributed by atoms with Crippen molar-refractivity contribution in [2.75, 3.05) is 23.9 Å². The Balaban J connectivity index is 1.62. The van der Waals surface area contributed by atoms with Crippen LogP contribution >= 0.6 is 15.9 Å². The van der Waals surface area contributed by atoms with Gasteiger partial charge in [-0.05, 0) is 30.3 Å². The number of nitrogens with one attached hydrogen (secondary N) is 2. The summed E-state index contributed by atoms with van der Waals surface area (Å²) >= 11 is 3.16. The maximum Gasteiger partial charge on any atom is 0.319 e. The highest BCUT2D eigenvalue weighted by atomic mass is 79.9. The van der Waals surface area contributed by atoms with Crippen LogP contribution < -0.4 is 20.3 Å². The molecule has 0 bridgehead atoms. The summed E-state index contributed by atoms with van der Waals surface area (Å²) in [6, 6.07) is 10.6. The third-order valence-corrected chi connectivity index (χ3v) is 4.50. The van der Waals surface area contributed by atoms with Gasteiger partial charge in [0.25, 0.3) is 0 Å². The lowest BCUT2D eigenvalue weighted by Gasteiger charge is -2.18. The molecule has 3 amide bonds. The van der Waals surface area contributed by atoms with Gasteiger partial charge in [-0.1, -0.05) is 22.0 Å². The van der Waals surface area contributed by atoms with Gasteiger partial charge in [0, 0.05) is 29.2 Å². The van der Waals surface area contributed by atoms with Gasteiger partial charge in [-0.25, -0.2) is 9.18 Å². The predicted octanol–water partition coefficient (Wildman–Crippen LogP) is 3.52. The monoisotopic (exact) mass is 421 g/mol. The van der Waals surface area contributed by atoms with E-state index in [0.29, 0.717) is 22.5 Å². The molecule has 2 aromatic rings. The normalized spacial score (nSPS) is 16.5. The zero-order chi connectivity index (χ0) is 18.7. The van der Waals surface area contributed by atoms with Gasteiger partial charge in [0.2, 0.25) is 5.91 Å². The Hall–Kier alpha value is -2.61. The van der Waals surface area contributed by atoms with Crippen LogP contribution in [0.25, 0.3) is 0 Å². The highest BCUT2D eigenvalue weighted by molar-refractivity contribution is 9.10. The Kier molecular flexibility index (Phi) is 5.41. The number of benzene rings is 2. The van der Waals surface area contributed by atoms with Gasteiger partial charge in [-0.3, -0.25) is 4.79 Å². The van der Waals surface area contributed by atoms with Crippen LogP contribution in [-0.2, 0) is 4.79 Å². The summed E-state index contributed by atoms with van der Waals surface area (Å²) in [6.07, 6.45) is 0.174. The summed E-state index contributed by atoms with van der Waals surface area (Å²) in [7, 11) is 1.56. The fourth-order valence-corrected chi connectivity index (χ4v) is 3.10. The second kappa shape index (κ2) is 7.74. The quantitative estimate of drug-likeness (QED) is 0.792. The number of anilines is 2. The van der Waals surface area contributed by atoms with Crippen LogP contribution in [-0.4, -0.2) is 31.6 Å². The first-order valence-electron chi connectivity index (χ1n) is 7.93. The van der Waals surface area contributed by atoms with Crippen LogP contribution in [0.3, 0.4) is 0 Å². The molecule has 3 rings (SSSR count). The third kappa shape index (κ3) is 4.13. The van der Waals surface area contributed by atoms with E-state index in [9.17, 15) is 14.0 Å². The molecule has 0 aromatic heterocycles. The molecule has 0 aliphatic carbocycles. The minimum absolute atomic E-state index is 0.0691. The maximum absolute atomic E-state index is 13.8. The number of carbonyl (C=O) groups excluding carboxylic acids is 2. The highest BCUT2D eigenvalue weighted by Crippen LogP contribution is 2.25. The Labute approximate surface area is 158 Å². The van der Waals surface area contributed by atoms with Crippen molar-refractivity contribution < 1.29 is 18.7 Å². The molecule has 1 atom stereocenters. The summed E-state index contributed by atoms with van der Waals surface area (Å²) in [6.45, 7) is 0.336. The topological polar surface area (TPSA) is 70.7 Å². The molecule has 1 unspecified atom stereocenters. The molecule has 8 heteroatoms. The lowest BCUT2D eigenvalue weighted by Crippen LogP contribution is -2.39. The van der Waals surface area contributed by atoms with E-state index >= 15 is 0 Å². The molecule has 1 aliphatic heterocycles. The number of hydrogen-bond donors (Lipinski definition) is 2. The van der Waals surface area contributed by atoms with Crippen LogP contribution in [0.1, 0.15) is 6.42 Å². The van der Waals surface area contributed by atoms with E-state index in [1.165, 1.54) is 12.1 Å². The number of carbonyl (C=O) groups is 2. The van der Waals surface area contributed by atoms with E-state index in [1.54, 1.807) is 42.3 Å². The van der Waals surface area contributed by atoms with Crippen molar-refractivity contribution in [2.24, 2.45) is 0 Å². The summed E-state index contributed by atoms with van der Waals surface area (Å²) in [5.41, 5.74) is 0.776. The van der Waals surface area contributed by atoms with Gasteiger partial charge in [0.05, 0.1) is 18.8 Å². The molecule has 6 nitrogen and oxygen atoms in total. The summed E-state index contributed by atoms with van der Waals surface area (Å²) in [5, 5.41) is 5.16. The Morgan fingerprint density at radius 3 is 2.85 bits per heavy atom. The summed E-state index contributed by atoms with van der Waals surface area (Å²) < 4.78 is 19.5. The number of halogens is 2. The third-order valence-electron chi connectivity index (χ3n) is 4.00. The van der Waals surface area contributed by atoms with Crippen molar-refractivity contribution in [3.8, 4) is 5.75 Å². The molecule has 1 saturated heterocycles. The van der Waals surface area contributed by atoms with Crippen molar-refractivity contribution in [3.63, 3.8) is 0 Å². The minimum Gasteiger partial charge on any atom is -0.497 e. The molecule has 1 fully saturated rings. The fraction of sp³-hybridized carbons (Fsp3) is 0.222. The average Bonchev–Trinajstić information content (AvgIpc) is 2.97. The molecule has 2 N–H and O–H groups in total. The number of urea groups is 1. The van der Waals surface area contributed by atoms with Gasteiger partial charge in [0.1, 0.15) is 11.6 Å². The van der Waals surface area contributed by atoms with Crippen molar-refractivity contribution >= 4 is 39.2 Å². The van der Waals surface area contributed by atoms with E-state index in [-0.39, 0.29) is 24.1 Å². The molecule has 1 aliphatic rings. The Morgan fingerprint density at radius 1 is 1.31 bits per heavy atom. The van der Waals surface area contributed by atoms with Crippen LogP contribution in [0.4, 0.5) is 20.6 Å². The molecular formula is C18H17BrFN3O3. The van der Waals surface area contributed by atoms with Crippen molar-refractivity contribution in [1.29, 1.82) is 0 Å². The largest absolute Gasteiger partial charge is 0.497 e. The van der Waals surface area contributed by atoms with Crippen LogP contribution in [0.2, 0.25) is 0 Å². The van der Waals surface area contributed by atoms with Gasteiger partial charge in [-0.2, -0.15) is 0 Å². The van der Waals surface area contributed by atoms with E-state index in [0.717, 1.165) is 0 Å². The van der Waals surface area contributed by atoms with Gasteiger partial charge in [0.15, 0.2) is 0 Å². The van der Waals surface area contributed by atoms with Gasteiger partial charge >= 0.3 is 6.03 Å². The summed E-state index contributed by atoms with van der Waals surface area (Å²) in [5.74, 6) is 0.00331. The van der Waals surface area contributed by atoms with Crippen LogP contribution in [0, 0.1) is 5.82 Å². The van der Waals surface area contributed by atoms with E-state index < -0.39 is 11.8 Å². The second-order valence-corrected chi connectivity index (χ2v) is 6.75. The lowest BCUT2D eigenvalue weighted by molar-refractivity contribution is -0.117. The van der Waals surface area contributed by atoms with Crippen molar-refractivity contribution in [1.82, 2.24) is 5.32 Å². The first-order chi connectivity index (χ1) is 12.5. The number of rotatable bonds is 4. The number of amides is 3. The molecule has 26 heavy (non-hydrogen) atoms. The number of ether oxygens (including phenoxy) is 1. The molecular weight excluding hydrogens is 405 g/mol.